The number of carbonyl (C=O) groups excluding carboxylic acids is 1. The lowest BCUT2D eigenvalue weighted by Gasteiger charge is -2.31. The molecule has 1 amide bonds. The van der Waals surface area contributed by atoms with Crippen LogP contribution in [0.4, 0.5) is 0 Å². The van der Waals surface area contributed by atoms with Crippen LogP contribution >= 0.6 is 0 Å². The number of hydrogen-bond acceptors (Lipinski definition) is 3. The fourth-order valence-corrected chi connectivity index (χ4v) is 3.24. The van der Waals surface area contributed by atoms with Gasteiger partial charge in [-0.1, -0.05) is 19.3 Å². The summed E-state index contributed by atoms with van der Waals surface area (Å²) in [5.74, 6) is -0.981. The van der Waals surface area contributed by atoms with E-state index in [1.807, 2.05) is 6.92 Å². The molecule has 2 fully saturated rings. The Morgan fingerprint density at radius 3 is 2.47 bits per heavy atom. The Kier molecular flexibility index (Phi) is 4.45. The highest BCUT2D eigenvalue weighted by Crippen LogP contribution is 2.27. The van der Waals surface area contributed by atoms with Crippen LogP contribution < -0.4 is 10.6 Å². The molecule has 108 valence electrons. The van der Waals surface area contributed by atoms with Gasteiger partial charge in [0.25, 0.3) is 0 Å². The van der Waals surface area contributed by atoms with Gasteiger partial charge in [-0.2, -0.15) is 0 Å². The monoisotopic (exact) mass is 268 g/mol. The SMILES string of the molecule is CC1(C(=O)NC(C(=O)O)C2CCCCC2)CCCN1. The van der Waals surface area contributed by atoms with Crippen molar-refractivity contribution < 1.29 is 14.7 Å². The molecule has 0 aromatic carbocycles. The van der Waals surface area contributed by atoms with Gasteiger partial charge >= 0.3 is 5.97 Å². The lowest BCUT2D eigenvalue weighted by Crippen LogP contribution is -2.57. The van der Waals surface area contributed by atoms with E-state index in [4.69, 9.17) is 0 Å². The van der Waals surface area contributed by atoms with Crippen molar-refractivity contribution in [1.29, 1.82) is 0 Å². The molecule has 0 radical (unpaired) electrons. The number of aliphatic carboxylic acids is 1. The van der Waals surface area contributed by atoms with E-state index < -0.39 is 17.6 Å². The molecular weight excluding hydrogens is 244 g/mol. The molecule has 0 aromatic heterocycles. The van der Waals surface area contributed by atoms with Crippen LogP contribution in [0.1, 0.15) is 51.9 Å². The zero-order chi connectivity index (χ0) is 13.9. The third-order valence-corrected chi connectivity index (χ3v) is 4.54. The Bertz CT molecular complexity index is 345. The average molecular weight is 268 g/mol. The van der Waals surface area contributed by atoms with Gasteiger partial charge in [-0.25, -0.2) is 4.79 Å². The molecule has 2 rings (SSSR count). The third kappa shape index (κ3) is 3.26. The van der Waals surface area contributed by atoms with Gasteiger partial charge in [0.15, 0.2) is 0 Å². The summed E-state index contributed by atoms with van der Waals surface area (Å²) in [5.41, 5.74) is -0.595. The predicted octanol–water partition coefficient (Wildman–Crippen LogP) is 1.28. The number of hydrogen-bond donors (Lipinski definition) is 3. The highest BCUT2D eigenvalue weighted by atomic mass is 16.4. The van der Waals surface area contributed by atoms with Gasteiger partial charge in [-0.3, -0.25) is 4.79 Å². The van der Waals surface area contributed by atoms with Gasteiger partial charge in [-0.15, -0.1) is 0 Å². The number of nitrogens with one attached hydrogen (secondary N) is 2. The molecule has 0 aromatic rings. The van der Waals surface area contributed by atoms with E-state index >= 15 is 0 Å². The largest absolute Gasteiger partial charge is 0.480 e. The second-order valence-corrected chi connectivity index (χ2v) is 6.05. The smallest absolute Gasteiger partial charge is 0.326 e. The first-order chi connectivity index (χ1) is 9.03. The Hall–Kier alpha value is -1.10. The van der Waals surface area contributed by atoms with Crippen molar-refractivity contribution in [3.63, 3.8) is 0 Å². The van der Waals surface area contributed by atoms with Crippen LogP contribution in [0.15, 0.2) is 0 Å². The summed E-state index contributed by atoms with van der Waals surface area (Å²) in [5, 5.41) is 15.3. The second kappa shape index (κ2) is 5.90. The van der Waals surface area contributed by atoms with Crippen LogP contribution in [0.2, 0.25) is 0 Å². The molecule has 0 spiro atoms. The molecule has 1 saturated heterocycles. The summed E-state index contributed by atoms with van der Waals surface area (Å²) in [6, 6.07) is -0.730. The molecule has 3 N–H and O–H groups in total. The minimum Gasteiger partial charge on any atom is -0.480 e. The number of carbonyl (C=O) groups is 2. The van der Waals surface area contributed by atoms with Crippen LogP contribution in [0.3, 0.4) is 0 Å². The second-order valence-electron chi connectivity index (χ2n) is 6.05. The summed E-state index contributed by atoms with van der Waals surface area (Å²) >= 11 is 0. The Morgan fingerprint density at radius 1 is 1.26 bits per heavy atom. The van der Waals surface area contributed by atoms with Crippen molar-refractivity contribution in [3.05, 3.63) is 0 Å². The first kappa shape index (κ1) is 14.3. The molecule has 1 aliphatic carbocycles. The van der Waals surface area contributed by atoms with Gasteiger partial charge in [0, 0.05) is 0 Å². The lowest BCUT2D eigenvalue weighted by molar-refractivity contribution is -0.144. The molecule has 5 heteroatoms. The molecule has 1 heterocycles. The maximum Gasteiger partial charge on any atom is 0.326 e. The summed E-state index contributed by atoms with van der Waals surface area (Å²) in [7, 11) is 0. The summed E-state index contributed by atoms with van der Waals surface area (Å²) < 4.78 is 0. The normalized spacial score (nSPS) is 29.9. The van der Waals surface area contributed by atoms with Gasteiger partial charge < -0.3 is 15.7 Å². The molecular formula is C14H24N2O3. The maximum absolute atomic E-state index is 12.3. The highest BCUT2D eigenvalue weighted by Gasteiger charge is 2.39. The van der Waals surface area contributed by atoms with Gasteiger partial charge in [-0.05, 0) is 45.1 Å². The van der Waals surface area contributed by atoms with E-state index in [1.165, 1.54) is 6.42 Å². The molecule has 2 unspecified atom stereocenters. The quantitative estimate of drug-likeness (QED) is 0.717. The number of carboxylic acids is 1. The zero-order valence-electron chi connectivity index (χ0n) is 11.6. The van der Waals surface area contributed by atoms with Gasteiger partial charge in [0.2, 0.25) is 5.91 Å². The molecule has 2 aliphatic rings. The number of carboxylic acid groups (broad SMARTS) is 1. The molecule has 1 saturated carbocycles. The van der Waals surface area contributed by atoms with Crippen LogP contribution in [0, 0.1) is 5.92 Å². The fourth-order valence-electron chi connectivity index (χ4n) is 3.24. The molecule has 1 aliphatic heterocycles. The number of amides is 1. The summed E-state index contributed by atoms with van der Waals surface area (Å²) in [6.45, 7) is 2.68. The summed E-state index contributed by atoms with van der Waals surface area (Å²) in [6.07, 6.45) is 6.86. The van der Waals surface area contributed by atoms with Crippen LogP contribution in [0.5, 0.6) is 0 Å². The van der Waals surface area contributed by atoms with Crippen molar-refractivity contribution in [2.75, 3.05) is 6.54 Å². The highest BCUT2D eigenvalue weighted by molar-refractivity contribution is 5.90. The van der Waals surface area contributed by atoms with Crippen LogP contribution in [0.25, 0.3) is 0 Å². The lowest BCUT2D eigenvalue weighted by atomic mass is 9.83. The van der Waals surface area contributed by atoms with Gasteiger partial charge in [0.05, 0.1) is 5.54 Å². The van der Waals surface area contributed by atoms with Crippen LogP contribution in [-0.2, 0) is 9.59 Å². The maximum atomic E-state index is 12.3. The fraction of sp³-hybridized carbons (Fsp3) is 0.857. The van der Waals surface area contributed by atoms with E-state index in [0.29, 0.717) is 0 Å². The van der Waals surface area contributed by atoms with E-state index in [1.54, 1.807) is 0 Å². The van der Waals surface area contributed by atoms with Crippen molar-refractivity contribution in [3.8, 4) is 0 Å². The van der Waals surface area contributed by atoms with Crippen molar-refractivity contribution in [1.82, 2.24) is 10.6 Å². The molecule has 2 atom stereocenters. The topological polar surface area (TPSA) is 78.4 Å². The Labute approximate surface area is 114 Å². The minimum atomic E-state index is -0.901. The van der Waals surface area contributed by atoms with E-state index in [0.717, 1.165) is 45.1 Å². The Balaban J connectivity index is 1.99. The predicted molar refractivity (Wildman–Crippen MR) is 71.8 cm³/mol. The standard InChI is InChI=1S/C14H24N2O3/c1-14(8-5-9-15-14)13(19)16-11(12(17)18)10-6-3-2-4-7-10/h10-11,15H,2-9H2,1H3,(H,16,19)(H,17,18). The van der Waals surface area contributed by atoms with E-state index in [9.17, 15) is 14.7 Å². The van der Waals surface area contributed by atoms with Gasteiger partial charge in [0.1, 0.15) is 6.04 Å². The van der Waals surface area contributed by atoms with E-state index in [2.05, 4.69) is 10.6 Å². The third-order valence-electron chi connectivity index (χ3n) is 4.54. The first-order valence-electron chi connectivity index (χ1n) is 7.32. The van der Waals surface area contributed by atoms with Crippen molar-refractivity contribution in [2.24, 2.45) is 5.92 Å². The van der Waals surface area contributed by atoms with E-state index in [-0.39, 0.29) is 11.8 Å². The first-order valence-corrected chi connectivity index (χ1v) is 7.32. The Morgan fingerprint density at radius 2 is 1.95 bits per heavy atom. The minimum absolute atomic E-state index is 0.0835. The van der Waals surface area contributed by atoms with Crippen LogP contribution in [-0.4, -0.2) is 35.1 Å². The summed E-state index contributed by atoms with van der Waals surface area (Å²) in [4.78, 5) is 23.7. The van der Waals surface area contributed by atoms with Crippen molar-refractivity contribution >= 4 is 11.9 Å². The average Bonchev–Trinajstić information content (AvgIpc) is 2.84. The molecule has 19 heavy (non-hydrogen) atoms. The van der Waals surface area contributed by atoms with Crippen molar-refractivity contribution in [2.45, 2.75) is 63.5 Å². The zero-order valence-corrected chi connectivity index (χ0v) is 11.6. The molecule has 0 bridgehead atoms. The number of rotatable bonds is 4. The molecule has 5 nitrogen and oxygen atoms in total.